The number of rotatable bonds is 5. The SMILES string of the molecule is NC(=O)Nc1ccc(C(=O)CSc2nncs2)cc1. The summed E-state index contributed by atoms with van der Waals surface area (Å²) in [6, 6.07) is 5.93. The molecule has 0 aliphatic rings. The van der Waals surface area contributed by atoms with E-state index in [1.54, 1.807) is 29.8 Å². The molecule has 0 bridgehead atoms. The van der Waals surface area contributed by atoms with Crippen molar-refractivity contribution in [3.05, 3.63) is 35.3 Å². The van der Waals surface area contributed by atoms with Crippen LogP contribution in [-0.4, -0.2) is 27.8 Å². The molecule has 0 saturated heterocycles. The maximum Gasteiger partial charge on any atom is 0.316 e. The topological polar surface area (TPSA) is 98.0 Å². The summed E-state index contributed by atoms with van der Waals surface area (Å²) >= 11 is 2.75. The van der Waals surface area contributed by atoms with Crippen LogP contribution in [0.4, 0.5) is 10.5 Å². The number of nitrogens with one attached hydrogen (secondary N) is 1. The average molecular weight is 294 g/mol. The number of carbonyl (C=O) groups is 2. The van der Waals surface area contributed by atoms with E-state index in [1.165, 1.54) is 23.1 Å². The van der Waals surface area contributed by atoms with Crippen molar-refractivity contribution in [2.45, 2.75) is 4.34 Å². The molecule has 0 aliphatic carbocycles. The number of amides is 2. The molecule has 2 aromatic rings. The van der Waals surface area contributed by atoms with Crippen LogP contribution >= 0.6 is 23.1 Å². The summed E-state index contributed by atoms with van der Waals surface area (Å²) in [4.78, 5) is 22.5. The Hall–Kier alpha value is -1.93. The van der Waals surface area contributed by atoms with Crippen molar-refractivity contribution in [3.8, 4) is 0 Å². The first-order valence-electron chi connectivity index (χ1n) is 5.24. The first kappa shape index (κ1) is 13.5. The van der Waals surface area contributed by atoms with E-state index in [4.69, 9.17) is 5.73 Å². The first-order valence-corrected chi connectivity index (χ1v) is 7.10. The van der Waals surface area contributed by atoms with Crippen molar-refractivity contribution in [3.63, 3.8) is 0 Å². The quantitative estimate of drug-likeness (QED) is 0.649. The molecule has 2 amide bonds. The van der Waals surface area contributed by atoms with Gasteiger partial charge < -0.3 is 11.1 Å². The Kier molecular flexibility index (Phi) is 4.48. The normalized spacial score (nSPS) is 10.1. The highest BCUT2D eigenvalue weighted by molar-refractivity contribution is 8.01. The maximum absolute atomic E-state index is 11.9. The lowest BCUT2D eigenvalue weighted by Gasteiger charge is -2.03. The number of hydrogen-bond acceptors (Lipinski definition) is 6. The number of nitrogens with two attached hydrogens (primary N) is 1. The van der Waals surface area contributed by atoms with E-state index in [0.29, 0.717) is 17.0 Å². The van der Waals surface area contributed by atoms with Crippen molar-refractivity contribution in [2.75, 3.05) is 11.1 Å². The van der Waals surface area contributed by atoms with E-state index < -0.39 is 6.03 Å². The van der Waals surface area contributed by atoms with Crippen LogP contribution in [0.5, 0.6) is 0 Å². The Morgan fingerprint density at radius 2 is 2.05 bits per heavy atom. The van der Waals surface area contributed by atoms with Crippen LogP contribution in [0.3, 0.4) is 0 Å². The average Bonchev–Trinajstić information content (AvgIpc) is 2.89. The molecule has 19 heavy (non-hydrogen) atoms. The number of nitrogens with zero attached hydrogens (tertiary/aromatic N) is 2. The van der Waals surface area contributed by atoms with E-state index in [-0.39, 0.29) is 5.78 Å². The lowest BCUT2D eigenvalue weighted by molar-refractivity contribution is 0.102. The van der Waals surface area contributed by atoms with Gasteiger partial charge in [0.2, 0.25) is 0 Å². The number of Topliss-reactive ketones (excluding diaryl/α,β-unsaturated/α-hetero) is 1. The van der Waals surface area contributed by atoms with Crippen LogP contribution in [0.1, 0.15) is 10.4 Å². The molecule has 98 valence electrons. The van der Waals surface area contributed by atoms with Crippen LogP contribution in [0.25, 0.3) is 0 Å². The van der Waals surface area contributed by atoms with Gasteiger partial charge in [-0.3, -0.25) is 4.79 Å². The highest BCUT2D eigenvalue weighted by Gasteiger charge is 2.08. The molecule has 3 N–H and O–H groups in total. The van der Waals surface area contributed by atoms with Crippen molar-refractivity contribution >= 4 is 40.6 Å². The number of anilines is 1. The van der Waals surface area contributed by atoms with Crippen LogP contribution in [0, 0.1) is 0 Å². The number of ketones is 1. The summed E-state index contributed by atoms with van der Waals surface area (Å²) in [5.41, 5.74) is 7.75. The van der Waals surface area contributed by atoms with Crippen molar-refractivity contribution in [1.82, 2.24) is 10.2 Å². The molecule has 0 atom stereocenters. The van der Waals surface area contributed by atoms with Gasteiger partial charge in [-0.25, -0.2) is 4.79 Å². The van der Waals surface area contributed by atoms with Crippen LogP contribution < -0.4 is 11.1 Å². The molecule has 2 rings (SSSR count). The number of primary amides is 1. The number of hydrogen-bond donors (Lipinski definition) is 2. The summed E-state index contributed by atoms with van der Waals surface area (Å²) in [6.45, 7) is 0. The third kappa shape index (κ3) is 4.04. The first-order chi connectivity index (χ1) is 9.15. The summed E-state index contributed by atoms with van der Waals surface area (Å²) in [7, 11) is 0. The Morgan fingerprint density at radius 3 is 2.63 bits per heavy atom. The highest BCUT2D eigenvalue weighted by Crippen LogP contribution is 2.20. The molecule has 1 heterocycles. The summed E-state index contributed by atoms with van der Waals surface area (Å²) in [5, 5.41) is 9.97. The van der Waals surface area contributed by atoms with Crippen LogP contribution in [0.2, 0.25) is 0 Å². The van der Waals surface area contributed by atoms with E-state index in [9.17, 15) is 9.59 Å². The lowest BCUT2D eigenvalue weighted by atomic mass is 10.1. The smallest absolute Gasteiger partial charge is 0.316 e. The lowest BCUT2D eigenvalue weighted by Crippen LogP contribution is -2.19. The predicted molar refractivity (Wildman–Crippen MR) is 74.6 cm³/mol. The number of aromatic nitrogens is 2. The van der Waals surface area contributed by atoms with E-state index in [2.05, 4.69) is 15.5 Å². The molecular weight excluding hydrogens is 284 g/mol. The molecule has 0 radical (unpaired) electrons. The standard InChI is InChI=1S/C11H10N4O2S2/c12-10(17)14-8-3-1-7(2-4-8)9(16)5-18-11-15-13-6-19-11/h1-4,6H,5H2,(H3,12,14,17). The molecule has 8 heteroatoms. The molecule has 1 aromatic heterocycles. The predicted octanol–water partition coefficient (Wildman–Crippen LogP) is 2.00. The molecule has 0 aliphatic heterocycles. The Labute approximate surface area is 117 Å². The highest BCUT2D eigenvalue weighted by atomic mass is 32.2. The van der Waals surface area contributed by atoms with Gasteiger partial charge in [-0.05, 0) is 24.3 Å². The fourth-order valence-corrected chi connectivity index (χ4v) is 2.70. The minimum Gasteiger partial charge on any atom is -0.351 e. The maximum atomic E-state index is 11.9. The second-order valence-electron chi connectivity index (χ2n) is 3.48. The summed E-state index contributed by atoms with van der Waals surface area (Å²) in [6.07, 6.45) is 0. The molecule has 1 aromatic carbocycles. The molecule has 0 unspecified atom stereocenters. The zero-order valence-corrected chi connectivity index (χ0v) is 11.3. The second kappa shape index (κ2) is 6.30. The molecule has 0 fully saturated rings. The van der Waals surface area contributed by atoms with Crippen molar-refractivity contribution < 1.29 is 9.59 Å². The fourth-order valence-electron chi connectivity index (χ4n) is 1.32. The minimum atomic E-state index is -0.633. The Morgan fingerprint density at radius 1 is 1.32 bits per heavy atom. The van der Waals surface area contributed by atoms with Crippen molar-refractivity contribution in [1.29, 1.82) is 0 Å². The largest absolute Gasteiger partial charge is 0.351 e. The van der Waals surface area contributed by atoms with E-state index >= 15 is 0 Å². The van der Waals surface area contributed by atoms with E-state index in [1.807, 2.05) is 0 Å². The monoisotopic (exact) mass is 294 g/mol. The van der Waals surface area contributed by atoms with Gasteiger partial charge in [-0.15, -0.1) is 10.2 Å². The van der Waals surface area contributed by atoms with Gasteiger partial charge in [0, 0.05) is 11.3 Å². The molecule has 0 saturated carbocycles. The van der Waals surface area contributed by atoms with Gasteiger partial charge in [0.15, 0.2) is 10.1 Å². The number of benzene rings is 1. The van der Waals surface area contributed by atoms with Gasteiger partial charge >= 0.3 is 6.03 Å². The second-order valence-corrected chi connectivity index (χ2v) is 5.54. The van der Waals surface area contributed by atoms with Gasteiger partial charge in [-0.2, -0.15) is 0 Å². The number of thioether (sulfide) groups is 1. The minimum absolute atomic E-state index is 0.00850. The molecule has 6 nitrogen and oxygen atoms in total. The zero-order valence-electron chi connectivity index (χ0n) is 9.70. The third-order valence-corrected chi connectivity index (χ3v) is 4.00. The van der Waals surface area contributed by atoms with Crippen LogP contribution in [0.15, 0.2) is 34.1 Å². The molecular formula is C11H10N4O2S2. The van der Waals surface area contributed by atoms with Gasteiger partial charge in [0.05, 0.1) is 5.75 Å². The van der Waals surface area contributed by atoms with E-state index in [0.717, 1.165) is 4.34 Å². The number of carbonyl (C=O) groups excluding carboxylic acids is 2. The Bertz CT molecular complexity index is 569. The summed E-state index contributed by atoms with van der Waals surface area (Å²) < 4.78 is 0.764. The Balaban J connectivity index is 1.93. The fraction of sp³-hybridized carbons (Fsp3) is 0.0909. The van der Waals surface area contributed by atoms with Gasteiger partial charge in [-0.1, -0.05) is 23.1 Å². The molecule has 0 spiro atoms. The number of urea groups is 1. The van der Waals surface area contributed by atoms with Crippen LogP contribution in [-0.2, 0) is 0 Å². The third-order valence-electron chi connectivity index (χ3n) is 2.14. The van der Waals surface area contributed by atoms with Gasteiger partial charge in [0.1, 0.15) is 5.51 Å². The van der Waals surface area contributed by atoms with Crippen molar-refractivity contribution in [2.24, 2.45) is 5.73 Å². The zero-order chi connectivity index (χ0) is 13.7. The summed E-state index contributed by atoms with van der Waals surface area (Å²) in [5.74, 6) is 0.295. The van der Waals surface area contributed by atoms with Gasteiger partial charge in [0.25, 0.3) is 0 Å².